The first-order chi connectivity index (χ1) is 12.1. The van der Waals surface area contributed by atoms with Crippen molar-refractivity contribution in [2.45, 2.75) is 20.0 Å². The van der Waals surface area contributed by atoms with Gasteiger partial charge in [0.25, 0.3) is 0 Å². The van der Waals surface area contributed by atoms with E-state index in [0.717, 1.165) is 27.9 Å². The molecule has 0 aliphatic carbocycles. The van der Waals surface area contributed by atoms with Crippen LogP contribution < -0.4 is 10.6 Å². The predicted octanol–water partition coefficient (Wildman–Crippen LogP) is 3.49. The lowest BCUT2D eigenvalue weighted by atomic mass is 10.2. The third kappa shape index (κ3) is 4.79. The Bertz CT molecular complexity index is 873. The van der Waals surface area contributed by atoms with Gasteiger partial charge in [-0.05, 0) is 52.7 Å². The van der Waals surface area contributed by atoms with Gasteiger partial charge in [-0.15, -0.1) is 0 Å². The van der Waals surface area contributed by atoms with Crippen LogP contribution in [0.1, 0.15) is 18.2 Å². The quantitative estimate of drug-likeness (QED) is 0.506. The second kappa shape index (κ2) is 8.11. The van der Waals surface area contributed by atoms with Crippen LogP contribution in [-0.4, -0.2) is 21.9 Å². The molecule has 2 aromatic heterocycles. The predicted molar refractivity (Wildman–Crippen MR) is 101 cm³/mol. The summed E-state index contributed by atoms with van der Waals surface area (Å²) >= 11 is 3.45. The number of aromatic nitrogens is 2. The van der Waals surface area contributed by atoms with E-state index in [1.165, 1.54) is 12.1 Å². The Kier molecular flexibility index (Phi) is 5.65. The van der Waals surface area contributed by atoms with Crippen molar-refractivity contribution in [2.75, 3.05) is 6.54 Å². The molecule has 5 nitrogen and oxygen atoms in total. The zero-order valence-corrected chi connectivity index (χ0v) is 15.4. The normalized spacial score (nSPS) is 11.7. The molecule has 0 bridgehead atoms. The minimum absolute atomic E-state index is 0.240. The fourth-order valence-electron chi connectivity index (χ4n) is 2.38. The highest BCUT2D eigenvalue weighted by Gasteiger charge is 2.04. The number of fused-ring (bicyclic) bond motifs is 1. The Morgan fingerprint density at radius 3 is 2.72 bits per heavy atom. The molecule has 2 heterocycles. The third-order valence-electron chi connectivity index (χ3n) is 3.58. The van der Waals surface area contributed by atoms with Crippen LogP contribution in [0.5, 0.6) is 0 Å². The maximum atomic E-state index is 13.0. The molecule has 0 fully saturated rings. The van der Waals surface area contributed by atoms with Crippen molar-refractivity contribution in [3.05, 3.63) is 70.3 Å². The molecule has 130 valence electrons. The first kappa shape index (κ1) is 17.4. The molecular formula is C18H19BrFN5. The van der Waals surface area contributed by atoms with Gasteiger partial charge in [-0.25, -0.2) is 14.4 Å². The maximum absolute atomic E-state index is 13.0. The summed E-state index contributed by atoms with van der Waals surface area (Å²) in [6.07, 6.45) is 3.95. The SMILES string of the molecule is CCNC(=NCc1ccc(F)cc1)NCc1cn2cc(Br)ccc2n1. The molecular weight excluding hydrogens is 385 g/mol. The van der Waals surface area contributed by atoms with Gasteiger partial charge in [-0.3, -0.25) is 0 Å². The van der Waals surface area contributed by atoms with E-state index in [4.69, 9.17) is 0 Å². The summed E-state index contributed by atoms with van der Waals surface area (Å²) in [5, 5.41) is 6.47. The van der Waals surface area contributed by atoms with Gasteiger partial charge in [0.15, 0.2) is 5.96 Å². The highest BCUT2D eigenvalue weighted by atomic mass is 79.9. The van der Waals surface area contributed by atoms with E-state index in [9.17, 15) is 4.39 Å². The van der Waals surface area contributed by atoms with Crippen molar-refractivity contribution in [1.29, 1.82) is 0 Å². The highest BCUT2D eigenvalue weighted by Crippen LogP contribution is 2.12. The summed E-state index contributed by atoms with van der Waals surface area (Å²) in [4.78, 5) is 9.10. The van der Waals surface area contributed by atoms with Crippen LogP contribution in [-0.2, 0) is 13.1 Å². The average molecular weight is 404 g/mol. The lowest BCUT2D eigenvalue weighted by molar-refractivity contribution is 0.627. The van der Waals surface area contributed by atoms with Gasteiger partial charge in [0, 0.05) is 23.4 Å². The van der Waals surface area contributed by atoms with Crippen LogP contribution in [0.15, 0.2) is 58.3 Å². The molecule has 2 N–H and O–H groups in total. The molecule has 3 aromatic rings. The summed E-state index contributed by atoms with van der Waals surface area (Å²) in [6, 6.07) is 10.3. The summed E-state index contributed by atoms with van der Waals surface area (Å²) in [5.74, 6) is 0.460. The Balaban J connectivity index is 1.65. The molecule has 0 saturated carbocycles. The van der Waals surface area contributed by atoms with Crippen molar-refractivity contribution in [3.8, 4) is 0 Å². The van der Waals surface area contributed by atoms with E-state index in [-0.39, 0.29) is 5.82 Å². The van der Waals surface area contributed by atoms with E-state index in [0.29, 0.717) is 19.0 Å². The van der Waals surface area contributed by atoms with Gasteiger partial charge in [-0.2, -0.15) is 0 Å². The van der Waals surface area contributed by atoms with Gasteiger partial charge < -0.3 is 15.0 Å². The van der Waals surface area contributed by atoms with E-state index in [1.807, 2.05) is 35.9 Å². The van der Waals surface area contributed by atoms with E-state index >= 15 is 0 Å². The summed E-state index contributed by atoms with van der Waals surface area (Å²) in [7, 11) is 0. The monoisotopic (exact) mass is 403 g/mol. The van der Waals surface area contributed by atoms with Crippen molar-refractivity contribution in [2.24, 2.45) is 4.99 Å². The Morgan fingerprint density at radius 2 is 1.96 bits per heavy atom. The Labute approximate surface area is 154 Å². The Morgan fingerprint density at radius 1 is 1.16 bits per heavy atom. The smallest absolute Gasteiger partial charge is 0.191 e. The fourth-order valence-corrected chi connectivity index (χ4v) is 2.73. The highest BCUT2D eigenvalue weighted by molar-refractivity contribution is 9.10. The summed E-state index contributed by atoms with van der Waals surface area (Å²) in [5.41, 5.74) is 2.77. The van der Waals surface area contributed by atoms with E-state index in [2.05, 4.69) is 36.5 Å². The first-order valence-electron chi connectivity index (χ1n) is 8.04. The molecule has 0 aliphatic heterocycles. The molecule has 0 aliphatic rings. The minimum Gasteiger partial charge on any atom is -0.357 e. The maximum Gasteiger partial charge on any atom is 0.191 e. The Hall–Kier alpha value is -2.41. The molecule has 25 heavy (non-hydrogen) atoms. The van der Waals surface area contributed by atoms with Gasteiger partial charge in [-0.1, -0.05) is 12.1 Å². The van der Waals surface area contributed by atoms with Gasteiger partial charge >= 0.3 is 0 Å². The number of hydrogen-bond donors (Lipinski definition) is 2. The van der Waals surface area contributed by atoms with Crippen molar-refractivity contribution >= 4 is 27.5 Å². The van der Waals surface area contributed by atoms with Gasteiger partial charge in [0.05, 0.1) is 18.8 Å². The number of hydrogen-bond acceptors (Lipinski definition) is 2. The van der Waals surface area contributed by atoms with Crippen molar-refractivity contribution in [3.63, 3.8) is 0 Å². The van der Waals surface area contributed by atoms with Crippen LogP contribution in [0.25, 0.3) is 5.65 Å². The molecule has 0 amide bonds. The van der Waals surface area contributed by atoms with Gasteiger partial charge in [0.1, 0.15) is 11.5 Å². The molecule has 3 rings (SSSR count). The summed E-state index contributed by atoms with van der Waals surface area (Å²) in [6.45, 7) is 3.81. The third-order valence-corrected chi connectivity index (χ3v) is 4.05. The molecule has 0 saturated heterocycles. The number of halogens is 2. The van der Waals surface area contributed by atoms with Crippen LogP contribution >= 0.6 is 15.9 Å². The minimum atomic E-state index is -0.240. The van der Waals surface area contributed by atoms with Crippen LogP contribution in [0.4, 0.5) is 4.39 Å². The lowest BCUT2D eigenvalue weighted by Gasteiger charge is -2.10. The van der Waals surface area contributed by atoms with E-state index in [1.54, 1.807) is 12.1 Å². The molecule has 0 unspecified atom stereocenters. The molecule has 1 aromatic carbocycles. The van der Waals surface area contributed by atoms with Crippen LogP contribution in [0.2, 0.25) is 0 Å². The lowest BCUT2D eigenvalue weighted by Crippen LogP contribution is -2.36. The fraction of sp³-hybridized carbons (Fsp3) is 0.222. The number of guanidine groups is 1. The second-order valence-corrected chi connectivity index (χ2v) is 6.44. The molecule has 0 radical (unpaired) electrons. The molecule has 0 atom stereocenters. The average Bonchev–Trinajstić information content (AvgIpc) is 3.00. The topological polar surface area (TPSA) is 53.7 Å². The second-order valence-electron chi connectivity index (χ2n) is 5.52. The summed E-state index contributed by atoms with van der Waals surface area (Å²) < 4.78 is 15.9. The number of rotatable bonds is 5. The number of nitrogens with one attached hydrogen (secondary N) is 2. The molecule has 0 spiro atoms. The number of imidazole rings is 1. The number of benzene rings is 1. The molecule has 7 heteroatoms. The zero-order valence-electron chi connectivity index (χ0n) is 13.8. The van der Waals surface area contributed by atoms with Crippen molar-refractivity contribution in [1.82, 2.24) is 20.0 Å². The number of pyridine rings is 1. The zero-order chi connectivity index (χ0) is 17.6. The van der Waals surface area contributed by atoms with E-state index < -0.39 is 0 Å². The number of aliphatic imine (C=N–C) groups is 1. The number of nitrogens with zero attached hydrogens (tertiary/aromatic N) is 3. The standard InChI is InChI=1S/C18H19BrFN5/c1-2-21-18(22-9-13-3-6-15(20)7-4-13)23-10-16-12-25-11-14(19)5-8-17(25)24-16/h3-8,11-12H,2,9-10H2,1H3,(H2,21,22,23). The van der Waals surface area contributed by atoms with Crippen LogP contribution in [0.3, 0.4) is 0 Å². The van der Waals surface area contributed by atoms with Crippen molar-refractivity contribution < 1.29 is 4.39 Å². The van der Waals surface area contributed by atoms with Crippen LogP contribution in [0, 0.1) is 5.82 Å². The first-order valence-corrected chi connectivity index (χ1v) is 8.83. The van der Waals surface area contributed by atoms with Gasteiger partial charge in [0.2, 0.25) is 0 Å². The largest absolute Gasteiger partial charge is 0.357 e.